The molecule has 9 heteroatoms. The molecule has 8 nitrogen and oxygen atoms in total. The molecule has 4 heterocycles. The first-order chi connectivity index (χ1) is 19.4. The lowest BCUT2D eigenvalue weighted by atomic mass is 9.89. The highest BCUT2D eigenvalue weighted by Crippen LogP contribution is 2.45. The summed E-state index contributed by atoms with van der Waals surface area (Å²) in [6.07, 6.45) is 12.3. The number of carbonyl (C=O) groups is 2. The smallest absolute Gasteiger partial charge is 0.254 e. The van der Waals surface area contributed by atoms with Crippen molar-refractivity contribution < 1.29 is 14.0 Å². The average Bonchev–Trinajstić information content (AvgIpc) is 3.63. The summed E-state index contributed by atoms with van der Waals surface area (Å²) in [4.78, 5) is 40.2. The van der Waals surface area contributed by atoms with Gasteiger partial charge in [0.1, 0.15) is 11.9 Å². The number of pyridine rings is 1. The largest absolute Gasteiger partial charge is 0.341 e. The van der Waals surface area contributed by atoms with Crippen molar-refractivity contribution in [3.05, 3.63) is 108 Å². The number of hydrogen-bond donors (Lipinski definition) is 1. The van der Waals surface area contributed by atoms with E-state index in [0.717, 1.165) is 28.6 Å². The van der Waals surface area contributed by atoms with Crippen LogP contribution in [0.15, 0.2) is 85.5 Å². The third-order valence-electron chi connectivity index (χ3n) is 7.80. The number of halogens is 1. The monoisotopic (exact) mass is 532 g/mol. The number of nitrogens with zero attached hydrogens (tertiary/aromatic N) is 5. The van der Waals surface area contributed by atoms with Gasteiger partial charge in [-0.2, -0.15) is 0 Å². The van der Waals surface area contributed by atoms with Gasteiger partial charge in [-0.15, -0.1) is 0 Å². The Balaban J connectivity index is 1.17. The molecule has 1 saturated heterocycles. The van der Waals surface area contributed by atoms with Crippen molar-refractivity contribution in [3.8, 4) is 11.1 Å². The number of benzene rings is 2. The fraction of sp³-hybridized carbons (Fsp3) is 0.194. The molecule has 1 aliphatic carbocycles. The van der Waals surface area contributed by atoms with Crippen LogP contribution in [0, 0.1) is 5.82 Å². The van der Waals surface area contributed by atoms with Crippen LogP contribution in [0.25, 0.3) is 27.8 Å². The standard InChI is InChI=1S/C31H25FN6O2/c1-19(29(40)37-12-3-13-37)36-28(39)24-7-5-20(15-25(24)32)22-16-34-30-35-17-27(38(30)18-22)31(9-10-31)23-6-8-26-21(14-23)4-2-11-33-26/h2,4-11,14-19H,3,12-13H2,1H3,(H,36,39). The van der Waals surface area contributed by atoms with Crippen LogP contribution in [0.1, 0.15) is 35.0 Å². The zero-order chi connectivity index (χ0) is 27.4. The van der Waals surface area contributed by atoms with Crippen LogP contribution < -0.4 is 5.32 Å². The normalized spacial score (nSPS) is 16.1. The summed E-state index contributed by atoms with van der Waals surface area (Å²) in [5, 5.41) is 3.67. The minimum Gasteiger partial charge on any atom is -0.341 e. The molecule has 40 heavy (non-hydrogen) atoms. The summed E-state index contributed by atoms with van der Waals surface area (Å²) >= 11 is 0. The maximum absolute atomic E-state index is 15.1. The van der Waals surface area contributed by atoms with E-state index in [1.54, 1.807) is 30.3 Å². The van der Waals surface area contributed by atoms with Gasteiger partial charge in [0.15, 0.2) is 0 Å². The molecule has 0 saturated carbocycles. The van der Waals surface area contributed by atoms with E-state index in [1.807, 2.05) is 35.0 Å². The molecule has 5 aromatic rings. The van der Waals surface area contributed by atoms with Gasteiger partial charge in [-0.3, -0.25) is 19.0 Å². The molecule has 0 spiro atoms. The Bertz CT molecular complexity index is 1850. The van der Waals surface area contributed by atoms with Gasteiger partial charge in [0, 0.05) is 42.6 Å². The van der Waals surface area contributed by atoms with Gasteiger partial charge in [0.2, 0.25) is 11.7 Å². The van der Waals surface area contributed by atoms with Crippen molar-refractivity contribution in [2.24, 2.45) is 0 Å². The number of carbonyl (C=O) groups excluding carboxylic acids is 2. The van der Waals surface area contributed by atoms with Crippen molar-refractivity contribution >= 4 is 28.5 Å². The van der Waals surface area contributed by atoms with E-state index in [0.29, 0.717) is 30.0 Å². The number of imidazole rings is 1. The van der Waals surface area contributed by atoms with Crippen molar-refractivity contribution in [2.75, 3.05) is 13.1 Å². The third-order valence-corrected chi connectivity index (χ3v) is 7.80. The lowest BCUT2D eigenvalue weighted by Crippen LogP contribution is -2.51. The van der Waals surface area contributed by atoms with Crippen molar-refractivity contribution in [3.63, 3.8) is 0 Å². The zero-order valence-electron chi connectivity index (χ0n) is 21.7. The molecular weight excluding hydrogens is 507 g/mol. The lowest BCUT2D eigenvalue weighted by Gasteiger charge is -2.33. The Kier molecular flexibility index (Phi) is 5.48. The molecule has 0 bridgehead atoms. The molecule has 1 atom stereocenters. The van der Waals surface area contributed by atoms with Crippen molar-refractivity contribution in [1.82, 2.24) is 29.6 Å². The molecule has 1 aliphatic heterocycles. The molecule has 1 N–H and O–H groups in total. The van der Waals surface area contributed by atoms with Gasteiger partial charge in [0.05, 0.1) is 28.4 Å². The lowest BCUT2D eigenvalue weighted by molar-refractivity contribution is -0.136. The van der Waals surface area contributed by atoms with Crippen LogP contribution in [0.3, 0.4) is 0 Å². The summed E-state index contributed by atoms with van der Waals surface area (Å²) in [6, 6.07) is 13.9. The Morgan fingerprint density at radius 2 is 1.82 bits per heavy atom. The molecule has 0 radical (unpaired) electrons. The Morgan fingerprint density at radius 1 is 1.00 bits per heavy atom. The molecule has 3 aromatic heterocycles. The van der Waals surface area contributed by atoms with E-state index < -0.39 is 23.2 Å². The second-order valence-electron chi connectivity index (χ2n) is 10.3. The number of amides is 2. The summed E-state index contributed by atoms with van der Waals surface area (Å²) in [6.45, 7) is 3.00. The van der Waals surface area contributed by atoms with Gasteiger partial charge in [-0.1, -0.05) is 30.4 Å². The van der Waals surface area contributed by atoms with Gasteiger partial charge in [-0.05, 0) is 54.8 Å². The maximum atomic E-state index is 15.1. The fourth-order valence-corrected chi connectivity index (χ4v) is 5.28. The van der Waals surface area contributed by atoms with Crippen LogP contribution in [-0.2, 0) is 10.2 Å². The number of aromatic nitrogens is 4. The van der Waals surface area contributed by atoms with E-state index in [1.165, 1.54) is 12.1 Å². The van der Waals surface area contributed by atoms with Crippen LogP contribution in [0.2, 0.25) is 0 Å². The van der Waals surface area contributed by atoms with Gasteiger partial charge in [0.25, 0.3) is 5.91 Å². The maximum Gasteiger partial charge on any atom is 0.254 e. The van der Waals surface area contributed by atoms with E-state index in [-0.39, 0.29) is 11.5 Å². The van der Waals surface area contributed by atoms with Crippen molar-refractivity contribution in [1.29, 1.82) is 0 Å². The molecule has 2 aromatic carbocycles. The average molecular weight is 533 g/mol. The summed E-state index contributed by atoms with van der Waals surface area (Å²) in [7, 11) is 0. The number of allylic oxidation sites excluding steroid dienone is 2. The SMILES string of the molecule is CC(NC(=O)c1ccc(-c2cnc3ncc(C4(c5ccc6ncccc6c5)C=C4)n3c2)cc1F)C(=O)N1CCC1. The Labute approximate surface area is 229 Å². The molecular formula is C31H25FN6O2. The second-order valence-corrected chi connectivity index (χ2v) is 10.3. The molecule has 2 amide bonds. The van der Waals surface area contributed by atoms with Crippen LogP contribution in [0.4, 0.5) is 4.39 Å². The molecule has 7 rings (SSSR count). The molecule has 2 aliphatic rings. The number of likely N-dealkylation sites (tertiary alicyclic amines) is 1. The number of fused-ring (bicyclic) bond motifs is 2. The zero-order valence-corrected chi connectivity index (χ0v) is 21.7. The Hall–Kier alpha value is -4.92. The summed E-state index contributed by atoms with van der Waals surface area (Å²) in [5.74, 6) is -0.917. The Morgan fingerprint density at radius 3 is 2.58 bits per heavy atom. The van der Waals surface area contributed by atoms with E-state index >= 15 is 4.39 Å². The first-order valence-electron chi connectivity index (χ1n) is 13.2. The molecule has 1 fully saturated rings. The molecule has 198 valence electrons. The highest BCUT2D eigenvalue weighted by Gasteiger charge is 2.41. The first-order valence-corrected chi connectivity index (χ1v) is 13.2. The van der Waals surface area contributed by atoms with Gasteiger partial charge < -0.3 is 10.2 Å². The number of hydrogen-bond acceptors (Lipinski definition) is 5. The van der Waals surface area contributed by atoms with Gasteiger partial charge in [-0.25, -0.2) is 14.4 Å². The quantitative estimate of drug-likeness (QED) is 0.330. The summed E-state index contributed by atoms with van der Waals surface area (Å²) in [5.41, 5.74) is 3.68. The number of rotatable bonds is 6. The minimum atomic E-state index is -0.722. The van der Waals surface area contributed by atoms with Crippen LogP contribution in [-0.4, -0.2) is 55.2 Å². The third kappa shape index (κ3) is 3.93. The van der Waals surface area contributed by atoms with E-state index in [9.17, 15) is 9.59 Å². The number of nitrogens with one attached hydrogen (secondary N) is 1. The summed E-state index contributed by atoms with van der Waals surface area (Å²) < 4.78 is 17.1. The van der Waals surface area contributed by atoms with Crippen LogP contribution >= 0.6 is 0 Å². The predicted octanol–water partition coefficient (Wildman–Crippen LogP) is 4.29. The minimum absolute atomic E-state index is 0.115. The molecule has 1 unspecified atom stereocenters. The topological polar surface area (TPSA) is 92.5 Å². The highest BCUT2D eigenvalue weighted by atomic mass is 19.1. The fourth-order valence-electron chi connectivity index (χ4n) is 5.28. The van der Waals surface area contributed by atoms with E-state index in [4.69, 9.17) is 0 Å². The second kappa shape index (κ2) is 9.08. The van der Waals surface area contributed by atoms with Crippen molar-refractivity contribution in [2.45, 2.75) is 24.8 Å². The van der Waals surface area contributed by atoms with E-state index in [2.05, 4.69) is 44.6 Å². The first kappa shape index (κ1) is 24.1. The highest BCUT2D eigenvalue weighted by molar-refractivity contribution is 5.98. The van der Waals surface area contributed by atoms with Crippen LogP contribution in [0.5, 0.6) is 0 Å². The predicted molar refractivity (Wildman–Crippen MR) is 148 cm³/mol. The van der Waals surface area contributed by atoms with Gasteiger partial charge >= 0.3 is 0 Å².